The maximum absolute atomic E-state index is 10.2. The summed E-state index contributed by atoms with van der Waals surface area (Å²) in [6.07, 6.45) is -1.61. The fourth-order valence-electron chi connectivity index (χ4n) is 0.483. The molecular formula is C3H10O9SSi. The van der Waals surface area contributed by atoms with E-state index in [-0.39, 0.29) is 0 Å². The first kappa shape index (κ1) is 13.9. The van der Waals surface area contributed by atoms with Gasteiger partial charge in [-0.2, -0.15) is 13.0 Å². The maximum atomic E-state index is 10.2. The lowest BCUT2D eigenvalue weighted by Gasteiger charge is -2.11. The smallest absolute Gasteiger partial charge is 0.389 e. The molecule has 0 aliphatic carbocycles. The van der Waals surface area contributed by atoms with Crippen molar-refractivity contribution < 1.29 is 41.9 Å². The third-order valence-electron chi connectivity index (χ3n) is 0.834. The summed E-state index contributed by atoms with van der Waals surface area (Å²) in [7, 11) is -9.18. The van der Waals surface area contributed by atoms with Crippen LogP contribution >= 0.6 is 0 Å². The minimum atomic E-state index is -4.83. The SMILES string of the molecule is O=S(=O)(O)CC(O)COO[Si](O)(O)O. The molecule has 9 nitrogen and oxygen atoms in total. The van der Waals surface area contributed by atoms with Gasteiger partial charge in [0.25, 0.3) is 10.1 Å². The number of hydrogen-bond acceptors (Lipinski definition) is 8. The molecule has 0 amide bonds. The van der Waals surface area contributed by atoms with Crippen molar-refractivity contribution in [3.05, 3.63) is 0 Å². The van der Waals surface area contributed by atoms with E-state index in [4.69, 9.17) is 24.0 Å². The van der Waals surface area contributed by atoms with Gasteiger partial charge in [-0.15, -0.1) is 0 Å². The van der Waals surface area contributed by atoms with Crippen molar-refractivity contribution in [1.82, 2.24) is 0 Å². The van der Waals surface area contributed by atoms with Gasteiger partial charge in [-0.3, -0.25) is 4.55 Å². The largest absolute Gasteiger partial charge is 0.699 e. The maximum Gasteiger partial charge on any atom is 0.699 e. The van der Waals surface area contributed by atoms with Gasteiger partial charge < -0.3 is 19.5 Å². The highest BCUT2D eigenvalue weighted by molar-refractivity contribution is 7.85. The van der Waals surface area contributed by atoms with Crippen LogP contribution < -0.4 is 0 Å². The Morgan fingerprint density at radius 2 is 1.79 bits per heavy atom. The fraction of sp³-hybridized carbons (Fsp3) is 1.00. The molecule has 0 heterocycles. The third-order valence-corrected chi connectivity index (χ3v) is 1.98. The van der Waals surface area contributed by atoms with Gasteiger partial charge in [-0.05, 0) is 0 Å². The van der Waals surface area contributed by atoms with Gasteiger partial charge in [0.05, 0.1) is 6.10 Å². The molecule has 0 aliphatic heterocycles. The zero-order chi connectivity index (χ0) is 11.4. The molecule has 0 saturated heterocycles. The van der Waals surface area contributed by atoms with Gasteiger partial charge in [0, 0.05) is 0 Å². The summed E-state index contributed by atoms with van der Waals surface area (Å²) in [6.45, 7) is -0.754. The molecule has 1 unspecified atom stereocenters. The van der Waals surface area contributed by atoms with Crippen LogP contribution in [0.25, 0.3) is 0 Å². The average molecular weight is 250 g/mol. The minimum absolute atomic E-state index is 0.754. The number of hydrogen-bond donors (Lipinski definition) is 5. The fourth-order valence-corrected chi connectivity index (χ4v) is 1.29. The van der Waals surface area contributed by atoms with E-state index in [0.29, 0.717) is 0 Å². The summed E-state index contributed by atoms with van der Waals surface area (Å²) >= 11 is 0. The molecule has 0 aliphatic rings. The van der Waals surface area contributed by atoms with Crippen molar-refractivity contribution in [2.45, 2.75) is 6.10 Å². The normalized spacial score (nSPS) is 15.5. The summed E-state index contributed by atoms with van der Waals surface area (Å²) < 4.78 is 32.1. The van der Waals surface area contributed by atoms with Crippen molar-refractivity contribution >= 4 is 19.2 Å². The molecule has 86 valence electrons. The third kappa shape index (κ3) is 9.97. The lowest BCUT2D eigenvalue weighted by atomic mass is 10.4. The van der Waals surface area contributed by atoms with Gasteiger partial charge in [-0.25, -0.2) is 4.89 Å². The molecule has 0 rings (SSSR count). The van der Waals surface area contributed by atoms with Crippen molar-refractivity contribution in [2.24, 2.45) is 0 Å². The molecular weight excluding hydrogens is 240 g/mol. The number of aliphatic hydroxyl groups is 1. The molecule has 0 radical (unpaired) electrons. The predicted molar refractivity (Wildman–Crippen MR) is 41.9 cm³/mol. The molecule has 0 fully saturated rings. The second kappa shape index (κ2) is 5.10. The van der Waals surface area contributed by atoms with Gasteiger partial charge >= 0.3 is 9.05 Å². The van der Waals surface area contributed by atoms with Crippen LogP contribution in [0, 0.1) is 0 Å². The summed E-state index contributed by atoms with van der Waals surface area (Å²) in [5.74, 6) is -0.993. The Morgan fingerprint density at radius 1 is 1.29 bits per heavy atom. The minimum Gasteiger partial charge on any atom is -0.389 e. The van der Waals surface area contributed by atoms with E-state index in [2.05, 4.69) is 9.46 Å². The standard InChI is InChI=1S/C3H10O9SSi/c4-3(2-13(5,6)7)1-11-12-14(8,9)10/h3-4,8-10H,1-2H2,(H,5,6,7). The van der Waals surface area contributed by atoms with Gasteiger partial charge in [0.2, 0.25) is 0 Å². The first-order chi connectivity index (χ1) is 6.10. The highest BCUT2D eigenvalue weighted by Crippen LogP contribution is 1.95. The van der Waals surface area contributed by atoms with Crippen molar-refractivity contribution in [2.75, 3.05) is 12.4 Å². The Balaban J connectivity index is 3.71. The van der Waals surface area contributed by atoms with Gasteiger partial charge in [0.1, 0.15) is 12.4 Å². The molecule has 0 aromatic heterocycles. The second-order valence-electron chi connectivity index (χ2n) is 2.34. The zero-order valence-electron chi connectivity index (χ0n) is 6.77. The second-order valence-corrected chi connectivity index (χ2v) is 5.16. The number of rotatable bonds is 6. The van der Waals surface area contributed by atoms with E-state index in [1.807, 2.05) is 0 Å². The van der Waals surface area contributed by atoms with E-state index in [1.54, 1.807) is 0 Å². The van der Waals surface area contributed by atoms with Crippen LogP contribution in [-0.2, 0) is 19.6 Å². The molecule has 0 aromatic carbocycles. The van der Waals surface area contributed by atoms with E-state index in [0.717, 1.165) is 0 Å². The Morgan fingerprint density at radius 3 is 2.14 bits per heavy atom. The van der Waals surface area contributed by atoms with Crippen LogP contribution in [-0.4, -0.2) is 60.0 Å². The molecule has 0 spiro atoms. The monoisotopic (exact) mass is 250 g/mol. The van der Waals surface area contributed by atoms with Crippen LogP contribution in [0.3, 0.4) is 0 Å². The molecule has 0 saturated carbocycles. The van der Waals surface area contributed by atoms with E-state index >= 15 is 0 Å². The summed E-state index contributed by atoms with van der Waals surface area (Å²) in [4.78, 5) is 28.5. The molecule has 14 heavy (non-hydrogen) atoms. The predicted octanol–water partition coefficient (Wildman–Crippen LogP) is -3.40. The lowest BCUT2D eigenvalue weighted by molar-refractivity contribution is -0.271. The van der Waals surface area contributed by atoms with Crippen LogP contribution in [0.5, 0.6) is 0 Å². The van der Waals surface area contributed by atoms with E-state index < -0.39 is 37.6 Å². The number of aliphatic hydroxyl groups excluding tert-OH is 1. The zero-order valence-corrected chi connectivity index (χ0v) is 8.59. The summed E-state index contributed by atoms with van der Waals surface area (Å²) in [5, 5.41) is 8.81. The Hall–Kier alpha value is -0.113. The first-order valence-electron chi connectivity index (χ1n) is 3.21. The molecule has 0 bridgehead atoms. The van der Waals surface area contributed by atoms with Crippen molar-refractivity contribution in [3.63, 3.8) is 0 Å². The van der Waals surface area contributed by atoms with E-state index in [9.17, 15) is 8.42 Å². The van der Waals surface area contributed by atoms with Crippen LogP contribution in [0.1, 0.15) is 0 Å². The Kier molecular flexibility index (Phi) is 5.06. The van der Waals surface area contributed by atoms with Crippen molar-refractivity contribution in [1.29, 1.82) is 0 Å². The van der Waals surface area contributed by atoms with Gasteiger partial charge in [-0.1, -0.05) is 0 Å². The first-order valence-corrected chi connectivity index (χ1v) is 6.57. The Labute approximate surface area is 80.3 Å². The Bertz CT molecular complexity index is 254. The summed E-state index contributed by atoms with van der Waals surface area (Å²) in [6, 6.07) is 0. The van der Waals surface area contributed by atoms with Crippen LogP contribution in [0.4, 0.5) is 0 Å². The molecule has 5 N–H and O–H groups in total. The molecule has 1 atom stereocenters. The van der Waals surface area contributed by atoms with Gasteiger partial charge in [0.15, 0.2) is 0 Å². The highest BCUT2D eigenvalue weighted by atomic mass is 32.2. The van der Waals surface area contributed by atoms with E-state index in [1.165, 1.54) is 0 Å². The van der Waals surface area contributed by atoms with Crippen molar-refractivity contribution in [3.8, 4) is 0 Å². The lowest BCUT2D eigenvalue weighted by Crippen LogP contribution is -2.40. The quantitative estimate of drug-likeness (QED) is 0.140. The highest BCUT2D eigenvalue weighted by Gasteiger charge is 2.33. The molecule has 11 heteroatoms. The van der Waals surface area contributed by atoms with Crippen LogP contribution in [0.15, 0.2) is 0 Å². The average Bonchev–Trinajstić information content (AvgIpc) is 1.78. The van der Waals surface area contributed by atoms with Crippen LogP contribution in [0.2, 0.25) is 0 Å². The summed E-state index contributed by atoms with van der Waals surface area (Å²) in [5.41, 5.74) is 0. The molecule has 0 aromatic rings. The topological polar surface area (TPSA) is 154 Å².